The quantitative estimate of drug-likeness (QED) is 0.514. The van der Waals surface area contributed by atoms with Gasteiger partial charge in [-0.1, -0.05) is 13.3 Å². The lowest BCUT2D eigenvalue weighted by Crippen LogP contribution is -2.24. The highest BCUT2D eigenvalue weighted by atomic mass is 35.5. The summed E-state index contributed by atoms with van der Waals surface area (Å²) in [6, 6.07) is 0. The van der Waals surface area contributed by atoms with Gasteiger partial charge in [0, 0.05) is 18.5 Å². The average Bonchev–Trinajstić information content (AvgIpc) is 2.70. The molecule has 0 saturated carbocycles. The van der Waals surface area contributed by atoms with Gasteiger partial charge >= 0.3 is 0 Å². The topological polar surface area (TPSA) is 21.3 Å². The molecule has 0 amide bonds. The lowest BCUT2D eigenvalue weighted by Gasteiger charge is -2.11. The van der Waals surface area contributed by atoms with Crippen LogP contribution in [0.1, 0.15) is 45.4 Å². The largest absolute Gasteiger partial charge is 0.378 e. The van der Waals surface area contributed by atoms with Crippen LogP contribution >= 0.6 is 11.6 Å². The van der Waals surface area contributed by atoms with Crippen molar-refractivity contribution in [1.82, 2.24) is 5.32 Å². The van der Waals surface area contributed by atoms with Crippen LogP contribution in [0.15, 0.2) is 0 Å². The molecule has 1 rings (SSSR count). The second kappa shape index (κ2) is 8.37. The molecule has 2 nitrogen and oxygen atoms in total. The molecule has 15 heavy (non-hydrogen) atoms. The van der Waals surface area contributed by atoms with Crippen LogP contribution < -0.4 is 5.32 Å². The third-order valence-electron chi connectivity index (χ3n) is 2.87. The van der Waals surface area contributed by atoms with Gasteiger partial charge in [-0.3, -0.25) is 0 Å². The maximum absolute atomic E-state index is 6.10. The summed E-state index contributed by atoms with van der Waals surface area (Å²) in [4.78, 5) is 0. The molecule has 0 bridgehead atoms. The Morgan fingerprint density at radius 3 is 3.07 bits per heavy atom. The Bertz CT molecular complexity index is 149. The minimum Gasteiger partial charge on any atom is -0.378 e. The van der Waals surface area contributed by atoms with Crippen LogP contribution in [0.3, 0.4) is 0 Å². The molecule has 1 aliphatic rings. The van der Waals surface area contributed by atoms with E-state index in [-0.39, 0.29) is 0 Å². The predicted molar refractivity (Wildman–Crippen MR) is 65.6 cm³/mol. The summed E-state index contributed by atoms with van der Waals surface area (Å²) in [5, 5.41) is 3.71. The number of ether oxygens (including phenoxy) is 1. The zero-order chi connectivity index (χ0) is 10.9. The molecule has 1 fully saturated rings. The molecule has 0 aromatic carbocycles. The highest BCUT2D eigenvalue weighted by molar-refractivity contribution is 6.20. The Balaban J connectivity index is 1.84. The average molecular weight is 234 g/mol. The summed E-state index contributed by atoms with van der Waals surface area (Å²) in [5.41, 5.74) is 0. The summed E-state index contributed by atoms with van der Waals surface area (Å²) in [6.45, 7) is 5.17. The standard InChI is InChI=1S/C12H24ClNO/c1-2-5-11(13)10-14-8-3-6-12-7-4-9-15-12/h11-12,14H,2-10H2,1H3. The lowest BCUT2D eigenvalue weighted by atomic mass is 10.1. The van der Waals surface area contributed by atoms with Crippen molar-refractivity contribution in [2.24, 2.45) is 0 Å². The van der Waals surface area contributed by atoms with Gasteiger partial charge in [0.25, 0.3) is 0 Å². The van der Waals surface area contributed by atoms with E-state index in [1.54, 1.807) is 0 Å². The molecule has 1 aliphatic heterocycles. The van der Waals surface area contributed by atoms with Crippen molar-refractivity contribution in [2.45, 2.75) is 56.9 Å². The Morgan fingerprint density at radius 1 is 1.53 bits per heavy atom. The van der Waals surface area contributed by atoms with E-state index in [9.17, 15) is 0 Å². The molecule has 0 aromatic rings. The molecule has 90 valence electrons. The Morgan fingerprint density at radius 2 is 2.40 bits per heavy atom. The van der Waals surface area contributed by atoms with Gasteiger partial charge in [-0.05, 0) is 38.6 Å². The molecule has 3 heteroatoms. The third-order valence-corrected chi connectivity index (χ3v) is 3.24. The van der Waals surface area contributed by atoms with E-state index in [2.05, 4.69) is 12.2 Å². The summed E-state index contributed by atoms with van der Waals surface area (Å²) >= 11 is 6.10. The minimum absolute atomic E-state index is 0.303. The lowest BCUT2D eigenvalue weighted by molar-refractivity contribution is 0.102. The highest BCUT2D eigenvalue weighted by Crippen LogP contribution is 2.16. The fraction of sp³-hybridized carbons (Fsp3) is 1.00. The van der Waals surface area contributed by atoms with Crippen molar-refractivity contribution in [3.63, 3.8) is 0 Å². The molecular formula is C12H24ClNO. The number of nitrogens with one attached hydrogen (secondary N) is 1. The second-order valence-corrected chi connectivity index (χ2v) is 4.98. The van der Waals surface area contributed by atoms with Crippen LogP contribution in [0.5, 0.6) is 0 Å². The van der Waals surface area contributed by atoms with E-state index < -0.39 is 0 Å². The monoisotopic (exact) mass is 233 g/mol. The van der Waals surface area contributed by atoms with Gasteiger partial charge in [-0.25, -0.2) is 0 Å². The van der Waals surface area contributed by atoms with Crippen LogP contribution in [-0.4, -0.2) is 31.2 Å². The summed E-state index contributed by atoms with van der Waals surface area (Å²) < 4.78 is 5.57. The van der Waals surface area contributed by atoms with E-state index >= 15 is 0 Å². The summed E-state index contributed by atoms with van der Waals surface area (Å²) in [7, 11) is 0. The minimum atomic E-state index is 0.303. The first-order chi connectivity index (χ1) is 7.33. The first kappa shape index (κ1) is 13.3. The van der Waals surface area contributed by atoms with Crippen molar-refractivity contribution in [2.75, 3.05) is 19.7 Å². The first-order valence-corrected chi connectivity index (χ1v) is 6.73. The van der Waals surface area contributed by atoms with E-state index in [0.29, 0.717) is 11.5 Å². The van der Waals surface area contributed by atoms with Crippen molar-refractivity contribution in [1.29, 1.82) is 0 Å². The number of alkyl halides is 1. The number of rotatable bonds is 8. The van der Waals surface area contributed by atoms with E-state index in [0.717, 1.165) is 26.1 Å². The van der Waals surface area contributed by atoms with Gasteiger partial charge in [-0.2, -0.15) is 0 Å². The molecule has 0 aromatic heterocycles. The highest BCUT2D eigenvalue weighted by Gasteiger charge is 2.14. The fourth-order valence-electron chi connectivity index (χ4n) is 2.00. The molecule has 0 radical (unpaired) electrons. The normalized spacial score (nSPS) is 23.2. The molecule has 1 heterocycles. The van der Waals surface area contributed by atoms with Crippen LogP contribution in [0.25, 0.3) is 0 Å². The molecule has 2 atom stereocenters. The van der Waals surface area contributed by atoms with Gasteiger partial charge in [-0.15, -0.1) is 11.6 Å². The molecular weight excluding hydrogens is 210 g/mol. The zero-order valence-electron chi connectivity index (χ0n) is 9.80. The third kappa shape index (κ3) is 6.39. The maximum atomic E-state index is 6.10. The summed E-state index contributed by atoms with van der Waals surface area (Å²) in [6.07, 6.45) is 7.74. The molecule has 0 spiro atoms. The SMILES string of the molecule is CCCC(Cl)CNCCCC1CCCO1. The first-order valence-electron chi connectivity index (χ1n) is 6.29. The Kier molecular flexibility index (Phi) is 7.41. The van der Waals surface area contributed by atoms with E-state index in [1.165, 1.54) is 32.1 Å². The smallest absolute Gasteiger partial charge is 0.0576 e. The van der Waals surface area contributed by atoms with Crippen molar-refractivity contribution >= 4 is 11.6 Å². The number of halogens is 1. The molecule has 2 unspecified atom stereocenters. The molecule has 1 saturated heterocycles. The van der Waals surface area contributed by atoms with Crippen LogP contribution in [0.2, 0.25) is 0 Å². The number of hydrogen-bond donors (Lipinski definition) is 1. The van der Waals surface area contributed by atoms with E-state index in [4.69, 9.17) is 16.3 Å². The van der Waals surface area contributed by atoms with Gasteiger partial charge in [0.05, 0.1) is 6.10 Å². The van der Waals surface area contributed by atoms with Gasteiger partial charge < -0.3 is 10.1 Å². The van der Waals surface area contributed by atoms with Gasteiger partial charge in [0.2, 0.25) is 0 Å². The van der Waals surface area contributed by atoms with Gasteiger partial charge in [0.1, 0.15) is 0 Å². The van der Waals surface area contributed by atoms with Gasteiger partial charge in [0.15, 0.2) is 0 Å². The van der Waals surface area contributed by atoms with Crippen LogP contribution in [0.4, 0.5) is 0 Å². The fourth-order valence-corrected chi connectivity index (χ4v) is 2.33. The second-order valence-electron chi connectivity index (χ2n) is 4.37. The molecule has 0 aliphatic carbocycles. The Hall–Kier alpha value is 0.210. The predicted octanol–water partition coefficient (Wildman–Crippen LogP) is 2.94. The van der Waals surface area contributed by atoms with Crippen molar-refractivity contribution in [3.05, 3.63) is 0 Å². The van der Waals surface area contributed by atoms with Crippen molar-refractivity contribution in [3.8, 4) is 0 Å². The number of hydrogen-bond acceptors (Lipinski definition) is 2. The van der Waals surface area contributed by atoms with Crippen LogP contribution in [-0.2, 0) is 4.74 Å². The summed E-state index contributed by atoms with van der Waals surface area (Å²) in [5.74, 6) is 0. The van der Waals surface area contributed by atoms with Crippen LogP contribution in [0, 0.1) is 0 Å². The zero-order valence-corrected chi connectivity index (χ0v) is 10.6. The van der Waals surface area contributed by atoms with Crippen molar-refractivity contribution < 1.29 is 4.74 Å². The molecule has 1 N–H and O–H groups in total. The maximum Gasteiger partial charge on any atom is 0.0576 e. The Labute approximate surface area is 98.7 Å². The van der Waals surface area contributed by atoms with E-state index in [1.807, 2.05) is 0 Å².